The van der Waals surface area contributed by atoms with Crippen LogP contribution in [0.15, 0.2) is 4.52 Å². The summed E-state index contributed by atoms with van der Waals surface area (Å²) in [4.78, 5) is 4.32. The van der Waals surface area contributed by atoms with Crippen LogP contribution in [0.1, 0.15) is 38.4 Å². The van der Waals surface area contributed by atoms with Crippen molar-refractivity contribution < 1.29 is 4.52 Å². The lowest BCUT2D eigenvalue weighted by Crippen LogP contribution is -2.26. The molecule has 0 amide bonds. The number of aromatic nitrogens is 2. The lowest BCUT2D eigenvalue weighted by atomic mass is 10.1. The van der Waals surface area contributed by atoms with Gasteiger partial charge in [-0.05, 0) is 19.9 Å². The first-order chi connectivity index (χ1) is 6.80. The molecule has 0 saturated heterocycles. The van der Waals surface area contributed by atoms with E-state index in [0.717, 1.165) is 37.4 Å². The van der Waals surface area contributed by atoms with Gasteiger partial charge in [-0.1, -0.05) is 19.0 Å². The Hall–Kier alpha value is -0.900. The molecule has 1 aromatic rings. The van der Waals surface area contributed by atoms with Crippen molar-refractivity contribution in [3.05, 3.63) is 11.7 Å². The third kappa shape index (κ3) is 3.10. The molecule has 0 saturated carbocycles. The molecule has 0 aromatic carbocycles. The topological polar surface area (TPSA) is 51.0 Å². The fourth-order valence-electron chi connectivity index (χ4n) is 1.36. The molecule has 14 heavy (non-hydrogen) atoms. The quantitative estimate of drug-likeness (QED) is 0.752. The maximum Gasteiger partial charge on any atom is 0.228 e. The second-order valence-corrected chi connectivity index (χ2v) is 3.45. The van der Waals surface area contributed by atoms with E-state index in [-0.39, 0.29) is 0 Å². The van der Waals surface area contributed by atoms with Gasteiger partial charge in [0.15, 0.2) is 5.82 Å². The van der Waals surface area contributed by atoms with E-state index in [9.17, 15) is 0 Å². The highest BCUT2D eigenvalue weighted by atomic mass is 16.5. The van der Waals surface area contributed by atoms with Crippen molar-refractivity contribution in [2.24, 2.45) is 0 Å². The molecule has 1 rings (SSSR count). The van der Waals surface area contributed by atoms with Crippen molar-refractivity contribution in [2.75, 3.05) is 7.05 Å². The largest absolute Gasteiger partial charge is 0.339 e. The third-order valence-electron chi connectivity index (χ3n) is 2.31. The van der Waals surface area contributed by atoms with Gasteiger partial charge in [-0.25, -0.2) is 0 Å². The Balaban J connectivity index is 2.49. The summed E-state index contributed by atoms with van der Waals surface area (Å²) in [5, 5.41) is 7.13. The molecule has 80 valence electrons. The van der Waals surface area contributed by atoms with Gasteiger partial charge in [0.25, 0.3) is 0 Å². The van der Waals surface area contributed by atoms with Crippen LogP contribution in [-0.4, -0.2) is 23.2 Å². The first-order valence-corrected chi connectivity index (χ1v) is 5.28. The average Bonchev–Trinajstić information content (AvgIpc) is 2.63. The Morgan fingerprint density at radius 1 is 1.43 bits per heavy atom. The lowest BCUT2D eigenvalue weighted by molar-refractivity contribution is 0.354. The third-order valence-corrected chi connectivity index (χ3v) is 2.31. The molecular weight excluding hydrogens is 178 g/mol. The van der Waals surface area contributed by atoms with Gasteiger partial charge in [0.2, 0.25) is 5.89 Å². The standard InChI is InChI=1S/C10H19N3O/c1-4-6-9-12-10(14-13-9)7-8(5-2)11-3/h8,11H,4-7H2,1-3H3. The summed E-state index contributed by atoms with van der Waals surface area (Å²) in [6, 6.07) is 0.435. The zero-order valence-corrected chi connectivity index (χ0v) is 9.21. The van der Waals surface area contributed by atoms with Crippen molar-refractivity contribution >= 4 is 0 Å². The highest BCUT2D eigenvalue weighted by molar-refractivity contribution is 4.89. The van der Waals surface area contributed by atoms with Crippen LogP contribution in [0.2, 0.25) is 0 Å². The van der Waals surface area contributed by atoms with E-state index in [4.69, 9.17) is 4.52 Å². The average molecular weight is 197 g/mol. The molecular formula is C10H19N3O. The summed E-state index contributed by atoms with van der Waals surface area (Å²) in [5.74, 6) is 1.57. The van der Waals surface area contributed by atoms with Crippen LogP contribution < -0.4 is 5.32 Å². The van der Waals surface area contributed by atoms with Gasteiger partial charge in [-0.2, -0.15) is 4.98 Å². The molecule has 0 aliphatic heterocycles. The molecule has 0 spiro atoms. The number of likely N-dealkylation sites (N-methyl/N-ethyl adjacent to an activating group) is 1. The Morgan fingerprint density at radius 2 is 2.21 bits per heavy atom. The van der Waals surface area contributed by atoms with Crippen molar-refractivity contribution in [3.63, 3.8) is 0 Å². The van der Waals surface area contributed by atoms with Crippen molar-refractivity contribution in [1.29, 1.82) is 0 Å². The smallest absolute Gasteiger partial charge is 0.228 e. The van der Waals surface area contributed by atoms with E-state index in [1.54, 1.807) is 0 Å². The second-order valence-electron chi connectivity index (χ2n) is 3.45. The van der Waals surface area contributed by atoms with Crippen molar-refractivity contribution in [1.82, 2.24) is 15.5 Å². The van der Waals surface area contributed by atoms with Gasteiger partial charge < -0.3 is 9.84 Å². The van der Waals surface area contributed by atoms with Crippen LogP contribution in [0.25, 0.3) is 0 Å². The number of nitrogens with zero attached hydrogens (tertiary/aromatic N) is 2. The first kappa shape index (κ1) is 11.2. The Kier molecular flexibility index (Phi) is 4.59. The highest BCUT2D eigenvalue weighted by Gasteiger charge is 2.10. The molecule has 1 aromatic heterocycles. The van der Waals surface area contributed by atoms with E-state index in [1.165, 1.54) is 0 Å². The van der Waals surface area contributed by atoms with Crippen LogP contribution in [-0.2, 0) is 12.8 Å². The SMILES string of the molecule is CCCc1noc(CC(CC)NC)n1. The Labute approximate surface area is 85.1 Å². The molecule has 4 heteroatoms. The molecule has 0 aliphatic rings. The fraction of sp³-hybridized carbons (Fsp3) is 0.800. The number of aryl methyl sites for hydroxylation is 1. The van der Waals surface area contributed by atoms with Crippen molar-refractivity contribution in [2.45, 2.75) is 45.6 Å². The van der Waals surface area contributed by atoms with E-state index in [2.05, 4.69) is 29.3 Å². The zero-order valence-electron chi connectivity index (χ0n) is 9.21. The molecule has 0 aliphatic carbocycles. The van der Waals surface area contributed by atoms with Crippen LogP contribution in [0.4, 0.5) is 0 Å². The number of hydrogen-bond donors (Lipinski definition) is 1. The van der Waals surface area contributed by atoms with Gasteiger partial charge in [0, 0.05) is 18.9 Å². The molecule has 0 fully saturated rings. The van der Waals surface area contributed by atoms with Gasteiger partial charge in [-0.3, -0.25) is 0 Å². The molecule has 1 N–H and O–H groups in total. The number of nitrogens with one attached hydrogen (secondary N) is 1. The van der Waals surface area contributed by atoms with Crippen LogP contribution in [0.5, 0.6) is 0 Å². The fourth-order valence-corrected chi connectivity index (χ4v) is 1.36. The number of rotatable bonds is 6. The molecule has 1 unspecified atom stereocenters. The molecule has 1 heterocycles. The van der Waals surface area contributed by atoms with Gasteiger partial charge in [0.1, 0.15) is 0 Å². The summed E-state index contributed by atoms with van der Waals surface area (Å²) in [6.45, 7) is 4.25. The molecule has 1 atom stereocenters. The monoisotopic (exact) mass is 197 g/mol. The lowest BCUT2D eigenvalue weighted by Gasteiger charge is -2.09. The van der Waals surface area contributed by atoms with E-state index >= 15 is 0 Å². The summed E-state index contributed by atoms with van der Waals surface area (Å²) in [6.07, 6.45) is 3.85. The van der Waals surface area contributed by atoms with Gasteiger partial charge in [-0.15, -0.1) is 0 Å². The summed E-state index contributed by atoms with van der Waals surface area (Å²) in [5.41, 5.74) is 0. The predicted molar refractivity (Wildman–Crippen MR) is 55.1 cm³/mol. The maximum absolute atomic E-state index is 5.15. The Bertz CT molecular complexity index is 256. The molecule has 0 radical (unpaired) electrons. The van der Waals surface area contributed by atoms with Gasteiger partial charge in [0.05, 0.1) is 0 Å². The Morgan fingerprint density at radius 3 is 2.79 bits per heavy atom. The summed E-state index contributed by atoms with van der Waals surface area (Å²) >= 11 is 0. The van der Waals surface area contributed by atoms with Gasteiger partial charge >= 0.3 is 0 Å². The first-order valence-electron chi connectivity index (χ1n) is 5.28. The van der Waals surface area contributed by atoms with Crippen LogP contribution in [0, 0.1) is 0 Å². The van der Waals surface area contributed by atoms with E-state index in [0.29, 0.717) is 6.04 Å². The van der Waals surface area contributed by atoms with E-state index in [1.807, 2.05) is 7.05 Å². The zero-order chi connectivity index (χ0) is 10.4. The minimum Gasteiger partial charge on any atom is -0.339 e. The summed E-state index contributed by atoms with van der Waals surface area (Å²) < 4.78 is 5.15. The minimum absolute atomic E-state index is 0.435. The number of hydrogen-bond acceptors (Lipinski definition) is 4. The van der Waals surface area contributed by atoms with Crippen LogP contribution in [0.3, 0.4) is 0 Å². The predicted octanol–water partition coefficient (Wildman–Crippen LogP) is 1.56. The molecule has 4 nitrogen and oxygen atoms in total. The van der Waals surface area contributed by atoms with Crippen LogP contribution >= 0.6 is 0 Å². The normalized spacial score (nSPS) is 13.1. The summed E-state index contributed by atoms with van der Waals surface area (Å²) in [7, 11) is 1.96. The van der Waals surface area contributed by atoms with Crippen molar-refractivity contribution in [3.8, 4) is 0 Å². The maximum atomic E-state index is 5.15. The second kappa shape index (κ2) is 5.75. The van der Waals surface area contributed by atoms with E-state index < -0.39 is 0 Å². The molecule has 0 bridgehead atoms. The minimum atomic E-state index is 0.435. The highest BCUT2D eigenvalue weighted by Crippen LogP contribution is 2.04.